The van der Waals surface area contributed by atoms with E-state index in [1.165, 1.54) is 29.3 Å². The zero-order chi connectivity index (χ0) is 21.8. The Labute approximate surface area is 170 Å². The number of ether oxygens (including phenoxy) is 2. The molecule has 1 aliphatic rings. The van der Waals surface area contributed by atoms with Gasteiger partial charge in [0.15, 0.2) is 6.17 Å². The number of likely N-dealkylation sites (tertiary alicyclic amines) is 1. The van der Waals surface area contributed by atoms with E-state index in [2.05, 4.69) is 10.1 Å². The molecule has 12 heteroatoms. The lowest BCUT2D eigenvalue weighted by Crippen LogP contribution is -2.49. The number of nitrogens with zero attached hydrogens (tertiary/aromatic N) is 4. The van der Waals surface area contributed by atoms with Gasteiger partial charge in [-0.3, -0.25) is 4.79 Å². The first-order valence-electron chi connectivity index (χ1n) is 9.10. The predicted molar refractivity (Wildman–Crippen MR) is 99.4 cm³/mol. The van der Waals surface area contributed by atoms with E-state index >= 15 is 0 Å². The van der Waals surface area contributed by atoms with E-state index in [1.807, 2.05) is 0 Å². The Kier molecular flexibility index (Phi) is 6.14. The summed E-state index contributed by atoms with van der Waals surface area (Å²) < 4.78 is 26.1. The number of nitrogens with two attached hydrogens (primary N) is 1. The zero-order valence-corrected chi connectivity index (χ0v) is 16.0. The van der Waals surface area contributed by atoms with Crippen molar-refractivity contribution in [2.24, 2.45) is 5.73 Å². The van der Waals surface area contributed by atoms with Crippen LogP contribution in [0.15, 0.2) is 24.7 Å². The van der Waals surface area contributed by atoms with Gasteiger partial charge in [-0.15, -0.1) is 0 Å². The molecule has 0 unspecified atom stereocenters. The van der Waals surface area contributed by atoms with Crippen molar-refractivity contribution in [3.05, 3.63) is 35.8 Å². The molecule has 0 spiro atoms. The van der Waals surface area contributed by atoms with Crippen LogP contribution in [0.25, 0.3) is 5.69 Å². The van der Waals surface area contributed by atoms with Crippen LogP contribution in [0.1, 0.15) is 34.1 Å². The first-order valence-corrected chi connectivity index (χ1v) is 9.10. The molecule has 2 atom stereocenters. The lowest BCUT2D eigenvalue weighted by Gasteiger charge is -2.33. The molecule has 3 N–H and O–H groups in total. The van der Waals surface area contributed by atoms with E-state index in [1.54, 1.807) is 6.92 Å². The number of esters is 1. The topological polar surface area (TPSA) is 150 Å². The van der Waals surface area contributed by atoms with Gasteiger partial charge in [0, 0.05) is 19.2 Å². The smallest absolute Gasteiger partial charge is 0.407 e. The van der Waals surface area contributed by atoms with Crippen LogP contribution in [0, 0.1) is 0 Å². The second kappa shape index (κ2) is 8.76. The quantitative estimate of drug-likeness (QED) is 0.656. The molecule has 0 aliphatic carbocycles. The minimum atomic E-state index is -1.59. The Morgan fingerprint density at radius 3 is 2.77 bits per heavy atom. The van der Waals surface area contributed by atoms with Gasteiger partial charge in [0.25, 0.3) is 5.91 Å². The zero-order valence-electron chi connectivity index (χ0n) is 16.0. The molecule has 3 rings (SSSR count). The second-order valence-corrected chi connectivity index (χ2v) is 6.49. The number of carbonyl (C=O) groups excluding carboxylic acids is 2. The number of pyridine rings is 1. The summed E-state index contributed by atoms with van der Waals surface area (Å²) in [6, 6.07) is 1.35. The van der Waals surface area contributed by atoms with Crippen molar-refractivity contribution in [3.63, 3.8) is 0 Å². The summed E-state index contributed by atoms with van der Waals surface area (Å²) in [5, 5.41) is 13.0. The van der Waals surface area contributed by atoms with Crippen LogP contribution in [0.2, 0.25) is 0 Å². The number of amides is 2. The van der Waals surface area contributed by atoms with Gasteiger partial charge in [0.05, 0.1) is 36.8 Å². The number of carboxylic acid groups (broad SMARTS) is 1. The van der Waals surface area contributed by atoms with E-state index in [0.29, 0.717) is 5.69 Å². The van der Waals surface area contributed by atoms with E-state index in [-0.39, 0.29) is 43.1 Å². The van der Waals surface area contributed by atoms with Crippen LogP contribution in [0.5, 0.6) is 5.88 Å². The second-order valence-electron chi connectivity index (χ2n) is 6.49. The summed E-state index contributed by atoms with van der Waals surface area (Å²) in [6.45, 7) is 1.64. The first kappa shape index (κ1) is 21.0. The van der Waals surface area contributed by atoms with E-state index in [0.717, 1.165) is 4.90 Å². The van der Waals surface area contributed by atoms with E-state index < -0.39 is 30.2 Å². The summed E-state index contributed by atoms with van der Waals surface area (Å²) in [4.78, 5) is 39.6. The Morgan fingerprint density at radius 2 is 2.13 bits per heavy atom. The summed E-state index contributed by atoms with van der Waals surface area (Å²) in [5.74, 6) is -1.57. The van der Waals surface area contributed by atoms with Gasteiger partial charge in [0.2, 0.25) is 5.88 Å². The number of carbonyl (C=O) groups is 3. The maximum absolute atomic E-state index is 14.3. The predicted octanol–water partition coefficient (Wildman–Crippen LogP) is 1.01. The van der Waals surface area contributed by atoms with Crippen LogP contribution >= 0.6 is 0 Å². The molecule has 0 saturated carbocycles. The Bertz CT molecular complexity index is 964. The molecule has 2 aromatic rings. The van der Waals surface area contributed by atoms with Gasteiger partial charge in [0.1, 0.15) is 11.7 Å². The van der Waals surface area contributed by atoms with Crippen molar-refractivity contribution >= 4 is 18.0 Å². The highest BCUT2D eigenvalue weighted by atomic mass is 19.1. The van der Waals surface area contributed by atoms with Crippen molar-refractivity contribution < 1.29 is 33.4 Å². The summed E-state index contributed by atoms with van der Waals surface area (Å²) >= 11 is 0. The first-order chi connectivity index (χ1) is 14.3. The number of piperidine rings is 1. The number of rotatable bonds is 6. The Morgan fingerprint density at radius 1 is 1.37 bits per heavy atom. The highest BCUT2D eigenvalue weighted by Gasteiger charge is 2.34. The van der Waals surface area contributed by atoms with Crippen molar-refractivity contribution in [1.82, 2.24) is 19.7 Å². The molecule has 1 aliphatic heterocycles. The van der Waals surface area contributed by atoms with Crippen molar-refractivity contribution in [2.75, 3.05) is 19.7 Å². The Balaban J connectivity index is 1.80. The molecule has 0 aromatic carbocycles. The monoisotopic (exact) mass is 421 g/mol. The number of halogens is 1. The highest BCUT2D eigenvalue weighted by Crippen LogP contribution is 2.24. The minimum Gasteiger partial charge on any atom is -0.471 e. The van der Waals surface area contributed by atoms with Crippen molar-refractivity contribution in [3.8, 4) is 11.6 Å². The largest absolute Gasteiger partial charge is 0.471 e. The molecule has 30 heavy (non-hydrogen) atoms. The lowest BCUT2D eigenvalue weighted by atomic mass is 10.1. The molecular weight excluding hydrogens is 401 g/mol. The Hall–Kier alpha value is -3.70. The molecule has 0 bridgehead atoms. The van der Waals surface area contributed by atoms with Gasteiger partial charge in [-0.05, 0) is 13.0 Å². The number of aromatic nitrogens is 3. The molecule has 11 nitrogen and oxygen atoms in total. The average Bonchev–Trinajstić information content (AvgIpc) is 3.20. The third kappa shape index (κ3) is 4.47. The molecule has 0 radical (unpaired) electrons. The normalized spacial score (nSPS) is 18.7. The number of hydrogen-bond donors (Lipinski definition) is 2. The van der Waals surface area contributed by atoms with Crippen LogP contribution in [0.3, 0.4) is 0 Å². The molecule has 3 heterocycles. The van der Waals surface area contributed by atoms with Crippen LogP contribution in [0.4, 0.5) is 9.18 Å². The molecule has 1 saturated heterocycles. The number of alkyl halides is 1. The highest BCUT2D eigenvalue weighted by molar-refractivity contribution is 5.95. The fraction of sp³-hybridized carbons (Fsp3) is 0.389. The number of primary amides is 1. The molecular formula is C18H20FN5O6. The van der Waals surface area contributed by atoms with Crippen LogP contribution in [-0.2, 0) is 4.74 Å². The van der Waals surface area contributed by atoms with Gasteiger partial charge in [-0.2, -0.15) is 5.10 Å². The van der Waals surface area contributed by atoms with Gasteiger partial charge in [-0.25, -0.2) is 23.6 Å². The maximum atomic E-state index is 14.3. The number of hydrogen-bond acceptors (Lipinski definition) is 7. The molecule has 1 fully saturated rings. The fourth-order valence-electron chi connectivity index (χ4n) is 2.95. The van der Waals surface area contributed by atoms with Crippen molar-refractivity contribution in [2.45, 2.75) is 25.6 Å². The fourth-order valence-corrected chi connectivity index (χ4v) is 2.95. The van der Waals surface area contributed by atoms with Crippen LogP contribution < -0.4 is 10.5 Å². The summed E-state index contributed by atoms with van der Waals surface area (Å²) in [5.41, 5.74) is 5.85. The summed E-state index contributed by atoms with van der Waals surface area (Å²) in [7, 11) is 0. The molecule has 2 amide bonds. The van der Waals surface area contributed by atoms with Gasteiger partial charge in [-0.1, -0.05) is 0 Å². The molecule has 2 aromatic heterocycles. The van der Waals surface area contributed by atoms with E-state index in [4.69, 9.17) is 20.3 Å². The summed E-state index contributed by atoms with van der Waals surface area (Å²) in [6.07, 6.45) is 0.348. The van der Waals surface area contributed by atoms with E-state index in [9.17, 15) is 18.8 Å². The standard InChI is InChI=1S/C18H20FN5O6/c1-2-29-17(26)10-6-22-24(8-10)11-5-12(15(20)25)16(21-7-11)30-14-3-4-23(18(27)28)9-13(14)19/h5-8,13-14H,2-4,9H2,1H3,(H2,20,25)(H,27,28)/t13-,14+/m0/s1. The van der Waals surface area contributed by atoms with Crippen LogP contribution in [-0.4, -0.2) is 74.7 Å². The average molecular weight is 421 g/mol. The van der Waals surface area contributed by atoms with Gasteiger partial charge >= 0.3 is 12.1 Å². The third-order valence-electron chi connectivity index (χ3n) is 4.48. The molecule has 160 valence electrons. The van der Waals surface area contributed by atoms with Gasteiger partial charge < -0.3 is 25.2 Å². The SMILES string of the molecule is CCOC(=O)c1cnn(-c2cnc(O[C@@H]3CCN(C(=O)O)C[C@@H]3F)c(C(N)=O)c2)c1. The minimum absolute atomic E-state index is 0.0916. The lowest BCUT2D eigenvalue weighted by molar-refractivity contribution is 0.0222. The maximum Gasteiger partial charge on any atom is 0.407 e. The third-order valence-corrected chi connectivity index (χ3v) is 4.48. The van der Waals surface area contributed by atoms with Crippen molar-refractivity contribution in [1.29, 1.82) is 0 Å².